The molecule has 0 saturated heterocycles. The minimum atomic E-state index is -0.235. The zero-order chi connectivity index (χ0) is 19.5. The second kappa shape index (κ2) is 8.29. The first-order valence-electron chi connectivity index (χ1n) is 9.53. The van der Waals surface area contributed by atoms with Crippen LogP contribution in [0, 0.1) is 11.7 Å². The molecule has 0 spiro atoms. The molecule has 28 heavy (non-hydrogen) atoms. The second-order valence-electron chi connectivity index (χ2n) is 7.46. The molecule has 3 aromatic rings. The van der Waals surface area contributed by atoms with Gasteiger partial charge in [-0.25, -0.2) is 9.37 Å². The molecule has 1 aliphatic carbocycles. The van der Waals surface area contributed by atoms with Crippen molar-refractivity contribution < 1.29 is 4.39 Å². The van der Waals surface area contributed by atoms with E-state index in [-0.39, 0.29) is 5.82 Å². The molecule has 1 fully saturated rings. The third-order valence-electron chi connectivity index (χ3n) is 4.88. The van der Waals surface area contributed by atoms with Crippen molar-refractivity contribution in [3.05, 3.63) is 82.6 Å². The van der Waals surface area contributed by atoms with Gasteiger partial charge in [0, 0.05) is 30.0 Å². The molecule has 3 nitrogen and oxygen atoms in total. The topological polar surface area (TPSA) is 21.1 Å². The molecule has 4 rings (SSSR count). The van der Waals surface area contributed by atoms with Gasteiger partial charge in [-0.1, -0.05) is 29.8 Å². The Kier molecular flexibility index (Phi) is 5.60. The molecule has 0 atom stereocenters. The van der Waals surface area contributed by atoms with Crippen LogP contribution in [0.2, 0.25) is 5.02 Å². The number of hydrogen-bond acceptors (Lipinski definition) is 2. The summed E-state index contributed by atoms with van der Waals surface area (Å²) in [6, 6.07) is 14.2. The average molecular weight is 396 g/mol. The molecule has 1 aliphatic rings. The van der Waals surface area contributed by atoms with E-state index in [1.807, 2.05) is 36.4 Å². The minimum absolute atomic E-state index is 0.235. The van der Waals surface area contributed by atoms with E-state index >= 15 is 0 Å². The van der Waals surface area contributed by atoms with Crippen molar-refractivity contribution >= 4 is 23.8 Å². The Morgan fingerprint density at radius 3 is 2.50 bits per heavy atom. The van der Waals surface area contributed by atoms with Gasteiger partial charge in [0.25, 0.3) is 0 Å². The van der Waals surface area contributed by atoms with Crippen LogP contribution in [0.15, 0.2) is 54.7 Å². The molecule has 0 amide bonds. The van der Waals surface area contributed by atoms with Crippen molar-refractivity contribution in [1.29, 1.82) is 0 Å². The lowest BCUT2D eigenvalue weighted by Crippen LogP contribution is -2.20. The first-order chi connectivity index (χ1) is 13.6. The lowest BCUT2D eigenvalue weighted by Gasteiger charge is -2.13. The van der Waals surface area contributed by atoms with E-state index in [0.29, 0.717) is 5.02 Å². The number of hydrogen-bond donors (Lipinski definition) is 0. The molecule has 1 saturated carbocycles. The normalized spacial score (nSPS) is 14.3. The molecule has 0 radical (unpaired) electrons. The van der Waals surface area contributed by atoms with Gasteiger partial charge >= 0.3 is 0 Å². The average Bonchev–Trinajstić information content (AvgIpc) is 3.40. The lowest BCUT2D eigenvalue weighted by atomic mass is 10.2. The zero-order valence-electron chi connectivity index (χ0n) is 15.9. The van der Waals surface area contributed by atoms with Crippen molar-refractivity contribution in [2.45, 2.75) is 19.4 Å². The van der Waals surface area contributed by atoms with Crippen LogP contribution in [0.1, 0.15) is 29.9 Å². The van der Waals surface area contributed by atoms with Crippen molar-refractivity contribution in [3.63, 3.8) is 0 Å². The van der Waals surface area contributed by atoms with Crippen LogP contribution in [-0.2, 0) is 6.54 Å². The molecular formula is C23H23ClFN3. The molecular weight excluding hydrogens is 373 g/mol. The smallest absolute Gasteiger partial charge is 0.137 e. The number of imidazole rings is 1. The maximum absolute atomic E-state index is 13.1. The largest absolute Gasteiger partial charge is 0.300 e. The standard InChI is InChI=1S/C23H23ClFN3/c1-27(14-18-2-3-18)15-21-16-28(22-11-7-19(24)8-12-22)23(26-21)13-6-17-4-9-20(25)10-5-17/h4-13,16,18H,2-3,14-15H2,1H3/b13-6+. The fraction of sp³-hybridized carbons (Fsp3) is 0.261. The van der Waals surface area contributed by atoms with Crippen LogP contribution >= 0.6 is 11.6 Å². The fourth-order valence-electron chi connectivity index (χ4n) is 3.27. The van der Waals surface area contributed by atoms with Gasteiger partial charge in [0.2, 0.25) is 0 Å². The van der Waals surface area contributed by atoms with Crippen LogP contribution in [-0.4, -0.2) is 28.0 Å². The Labute approximate surface area is 170 Å². The first-order valence-corrected chi connectivity index (χ1v) is 9.91. The van der Waals surface area contributed by atoms with Crippen molar-refractivity contribution in [2.24, 2.45) is 5.92 Å². The molecule has 144 valence electrons. The Balaban J connectivity index is 1.61. The quantitative estimate of drug-likeness (QED) is 0.513. The van der Waals surface area contributed by atoms with E-state index in [1.54, 1.807) is 12.1 Å². The SMILES string of the molecule is CN(Cc1cn(-c2ccc(Cl)cc2)c(/C=C/c2ccc(F)cc2)n1)CC1CC1. The Hall–Kier alpha value is -2.43. The lowest BCUT2D eigenvalue weighted by molar-refractivity contribution is 0.310. The van der Waals surface area contributed by atoms with Crippen LogP contribution in [0.3, 0.4) is 0 Å². The van der Waals surface area contributed by atoms with Gasteiger partial charge in [-0.15, -0.1) is 0 Å². The number of aromatic nitrogens is 2. The van der Waals surface area contributed by atoms with E-state index in [2.05, 4.69) is 22.7 Å². The van der Waals surface area contributed by atoms with Crippen LogP contribution in [0.4, 0.5) is 4.39 Å². The van der Waals surface area contributed by atoms with Crippen molar-refractivity contribution in [2.75, 3.05) is 13.6 Å². The third-order valence-corrected chi connectivity index (χ3v) is 5.13. The summed E-state index contributed by atoms with van der Waals surface area (Å²) in [5, 5.41) is 0.705. The summed E-state index contributed by atoms with van der Waals surface area (Å²) in [5.41, 5.74) is 2.96. The zero-order valence-corrected chi connectivity index (χ0v) is 16.6. The van der Waals surface area contributed by atoms with Crippen molar-refractivity contribution in [1.82, 2.24) is 14.5 Å². The molecule has 1 aromatic heterocycles. The second-order valence-corrected chi connectivity index (χ2v) is 7.90. The minimum Gasteiger partial charge on any atom is -0.300 e. The Morgan fingerprint density at radius 2 is 1.82 bits per heavy atom. The molecule has 0 bridgehead atoms. The first kappa shape index (κ1) is 18.9. The highest BCUT2D eigenvalue weighted by Gasteiger charge is 2.23. The maximum Gasteiger partial charge on any atom is 0.137 e. The molecule has 1 heterocycles. The van der Waals surface area contributed by atoms with Gasteiger partial charge in [0.1, 0.15) is 11.6 Å². The summed E-state index contributed by atoms with van der Waals surface area (Å²) in [4.78, 5) is 7.17. The van der Waals surface area contributed by atoms with Crippen LogP contribution in [0.5, 0.6) is 0 Å². The van der Waals surface area contributed by atoms with Gasteiger partial charge in [-0.2, -0.15) is 0 Å². The van der Waals surface area contributed by atoms with Gasteiger partial charge in [0.05, 0.1) is 5.69 Å². The maximum atomic E-state index is 13.1. The molecule has 5 heteroatoms. The van der Waals surface area contributed by atoms with E-state index < -0.39 is 0 Å². The highest BCUT2D eigenvalue weighted by atomic mass is 35.5. The molecule has 0 unspecified atom stereocenters. The van der Waals surface area contributed by atoms with Gasteiger partial charge in [-0.05, 0) is 73.8 Å². The highest BCUT2D eigenvalue weighted by Crippen LogP contribution is 2.29. The predicted octanol–water partition coefficient (Wildman–Crippen LogP) is 5.68. The summed E-state index contributed by atoms with van der Waals surface area (Å²) < 4.78 is 15.2. The fourth-order valence-corrected chi connectivity index (χ4v) is 3.40. The summed E-state index contributed by atoms with van der Waals surface area (Å²) in [5.74, 6) is 1.45. The highest BCUT2D eigenvalue weighted by molar-refractivity contribution is 6.30. The number of nitrogens with zero attached hydrogens (tertiary/aromatic N) is 3. The van der Waals surface area contributed by atoms with E-state index in [4.69, 9.17) is 16.6 Å². The van der Waals surface area contributed by atoms with Crippen LogP contribution < -0.4 is 0 Å². The molecule has 0 N–H and O–H groups in total. The summed E-state index contributed by atoms with van der Waals surface area (Å²) >= 11 is 6.05. The summed E-state index contributed by atoms with van der Waals surface area (Å²) in [7, 11) is 2.15. The summed E-state index contributed by atoms with van der Waals surface area (Å²) in [6.45, 7) is 1.93. The number of benzene rings is 2. The van der Waals surface area contributed by atoms with E-state index in [0.717, 1.165) is 41.8 Å². The Morgan fingerprint density at radius 1 is 1.11 bits per heavy atom. The van der Waals surface area contributed by atoms with Crippen molar-refractivity contribution in [3.8, 4) is 5.69 Å². The van der Waals surface area contributed by atoms with Gasteiger partial charge < -0.3 is 4.90 Å². The monoisotopic (exact) mass is 395 g/mol. The number of halogens is 2. The predicted molar refractivity (Wildman–Crippen MR) is 113 cm³/mol. The van der Waals surface area contributed by atoms with Crippen LogP contribution in [0.25, 0.3) is 17.8 Å². The molecule has 0 aliphatic heterocycles. The Bertz CT molecular complexity index is 957. The van der Waals surface area contributed by atoms with E-state index in [9.17, 15) is 4.39 Å². The summed E-state index contributed by atoms with van der Waals surface area (Å²) in [6.07, 6.45) is 8.68. The molecule has 2 aromatic carbocycles. The van der Waals surface area contributed by atoms with E-state index in [1.165, 1.54) is 25.0 Å². The van der Waals surface area contributed by atoms with Gasteiger partial charge in [0.15, 0.2) is 0 Å². The van der Waals surface area contributed by atoms with Gasteiger partial charge in [-0.3, -0.25) is 4.57 Å². The third kappa shape index (κ3) is 4.89. The number of rotatable bonds is 7.